The highest BCUT2D eigenvalue weighted by Crippen LogP contribution is 2.42. The first-order valence-electron chi connectivity index (χ1n) is 6.04. The van der Waals surface area contributed by atoms with E-state index in [0.29, 0.717) is 19.7 Å². The van der Waals surface area contributed by atoms with Gasteiger partial charge in [-0.1, -0.05) is 13.8 Å². The molecule has 6 heteroatoms. The lowest BCUT2D eigenvalue weighted by atomic mass is 9.64. The van der Waals surface area contributed by atoms with Gasteiger partial charge in [0.25, 0.3) is 0 Å². The van der Waals surface area contributed by atoms with Crippen molar-refractivity contribution in [3.8, 4) is 0 Å². The summed E-state index contributed by atoms with van der Waals surface area (Å²) >= 11 is 0. The molecular weight excluding hydrogens is 256 g/mol. The van der Waals surface area contributed by atoms with Crippen molar-refractivity contribution in [1.82, 2.24) is 10.6 Å². The molecule has 1 rings (SSSR count). The Morgan fingerprint density at radius 1 is 1.39 bits per heavy atom. The van der Waals surface area contributed by atoms with Crippen molar-refractivity contribution in [3.05, 3.63) is 0 Å². The minimum Gasteiger partial charge on any atom is -0.383 e. The van der Waals surface area contributed by atoms with Gasteiger partial charge in [0.2, 0.25) is 5.91 Å². The molecule has 2 unspecified atom stereocenters. The second-order valence-corrected chi connectivity index (χ2v) is 5.07. The summed E-state index contributed by atoms with van der Waals surface area (Å²) in [6, 6.07) is 0.212. The Kier molecular flexibility index (Phi) is 7.78. The Balaban J connectivity index is 0.00000289. The van der Waals surface area contributed by atoms with E-state index in [-0.39, 0.29) is 35.9 Å². The molecular formula is C12H25ClN2O3. The van der Waals surface area contributed by atoms with E-state index < -0.39 is 0 Å². The van der Waals surface area contributed by atoms with Gasteiger partial charge in [0.05, 0.1) is 19.3 Å². The molecule has 5 nitrogen and oxygen atoms in total. The molecule has 1 saturated carbocycles. The molecule has 0 radical (unpaired) electrons. The molecule has 18 heavy (non-hydrogen) atoms. The predicted octanol–water partition coefficient (Wildman–Crippen LogP) is 0.574. The number of hydrogen-bond acceptors (Lipinski definition) is 4. The van der Waals surface area contributed by atoms with Gasteiger partial charge in [-0.25, -0.2) is 0 Å². The molecule has 0 aromatic rings. The third kappa shape index (κ3) is 4.39. The van der Waals surface area contributed by atoms with Gasteiger partial charge in [-0.15, -0.1) is 12.4 Å². The third-order valence-electron chi connectivity index (χ3n) is 3.57. The number of carbonyl (C=O) groups is 1. The van der Waals surface area contributed by atoms with Crippen LogP contribution in [0, 0.1) is 5.41 Å². The molecule has 1 fully saturated rings. The van der Waals surface area contributed by atoms with Gasteiger partial charge in [0, 0.05) is 32.2 Å². The van der Waals surface area contributed by atoms with Crippen molar-refractivity contribution >= 4 is 18.3 Å². The number of carbonyl (C=O) groups excluding carboxylic acids is 1. The number of ether oxygens (including phenoxy) is 2. The van der Waals surface area contributed by atoms with Crippen LogP contribution in [0.3, 0.4) is 0 Å². The topological polar surface area (TPSA) is 59.6 Å². The molecule has 0 aromatic carbocycles. The molecule has 2 N–H and O–H groups in total. The first kappa shape index (κ1) is 17.6. The molecule has 0 bridgehead atoms. The predicted molar refractivity (Wildman–Crippen MR) is 73.1 cm³/mol. The highest BCUT2D eigenvalue weighted by atomic mass is 35.5. The zero-order chi connectivity index (χ0) is 12.9. The number of hydrogen-bond donors (Lipinski definition) is 2. The summed E-state index contributed by atoms with van der Waals surface area (Å²) in [5.74, 6) is 0.0359. The zero-order valence-corrected chi connectivity index (χ0v) is 12.4. The highest BCUT2D eigenvalue weighted by molar-refractivity contribution is 5.85. The smallest absolute Gasteiger partial charge is 0.234 e. The van der Waals surface area contributed by atoms with Crippen LogP contribution in [0.25, 0.3) is 0 Å². The fourth-order valence-electron chi connectivity index (χ4n) is 2.15. The average Bonchev–Trinajstić information content (AvgIpc) is 2.29. The van der Waals surface area contributed by atoms with Crippen molar-refractivity contribution in [3.63, 3.8) is 0 Å². The minimum atomic E-state index is 0. The van der Waals surface area contributed by atoms with Crippen LogP contribution in [0.2, 0.25) is 0 Å². The number of halogens is 1. The Hall–Kier alpha value is -0.360. The first-order chi connectivity index (χ1) is 8.02. The van der Waals surface area contributed by atoms with E-state index in [1.54, 1.807) is 14.2 Å². The fourth-order valence-corrected chi connectivity index (χ4v) is 2.15. The SMILES string of the molecule is COCCNCC(=O)NC1CC(OC)C1(C)C.Cl. The fraction of sp³-hybridized carbons (Fsp3) is 0.917. The summed E-state index contributed by atoms with van der Waals surface area (Å²) in [4.78, 5) is 11.6. The van der Waals surface area contributed by atoms with E-state index >= 15 is 0 Å². The van der Waals surface area contributed by atoms with E-state index in [1.165, 1.54) is 0 Å². The molecule has 0 saturated heterocycles. The van der Waals surface area contributed by atoms with Crippen molar-refractivity contribution in [2.24, 2.45) is 5.41 Å². The van der Waals surface area contributed by atoms with Crippen molar-refractivity contribution in [1.29, 1.82) is 0 Å². The van der Waals surface area contributed by atoms with E-state index in [2.05, 4.69) is 24.5 Å². The van der Waals surface area contributed by atoms with Crippen molar-refractivity contribution in [2.45, 2.75) is 32.4 Å². The van der Waals surface area contributed by atoms with Crippen LogP contribution < -0.4 is 10.6 Å². The molecule has 1 aliphatic rings. The summed E-state index contributed by atoms with van der Waals surface area (Å²) in [5.41, 5.74) is 0.0247. The summed E-state index contributed by atoms with van der Waals surface area (Å²) in [6.07, 6.45) is 1.14. The lowest BCUT2D eigenvalue weighted by molar-refractivity contribution is -0.131. The van der Waals surface area contributed by atoms with Crippen LogP contribution in [0.15, 0.2) is 0 Å². The van der Waals surface area contributed by atoms with Crippen LogP contribution in [0.1, 0.15) is 20.3 Å². The summed E-state index contributed by atoms with van der Waals surface area (Å²) in [5, 5.41) is 6.05. The molecule has 1 amide bonds. The van der Waals surface area contributed by atoms with E-state index in [1.807, 2.05) is 0 Å². The Labute approximate surface area is 115 Å². The molecule has 108 valence electrons. The van der Waals surface area contributed by atoms with Gasteiger partial charge in [-0.2, -0.15) is 0 Å². The van der Waals surface area contributed by atoms with Crippen LogP contribution in [-0.4, -0.2) is 52.0 Å². The third-order valence-corrected chi connectivity index (χ3v) is 3.57. The maximum atomic E-state index is 11.6. The molecule has 0 aromatic heterocycles. The molecule has 0 heterocycles. The van der Waals surface area contributed by atoms with Crippen molar-refractivity contribution in [2.75, 3.05) is 33.9 Å². The van der Waals surface area contributed by atoms with Crippen LogP contribution in [0.4, 0.5) is 0 Å². The van der Waals surface area contributed by atoms with Crippen LogP contribution in [0.5, 0.6) is 0 Å². The Bertz CT molecular complexity index is 262. The largest absolute Gasteiger partial charge is 0.383 e. The minimum absolute atomic E-state index is 0. The molecule has 0 spiro atoms. The molecule has 0 aliphatic heterocycles. The number of amides is 1. The average molecular weight is 281 g/mol. The highest BCUT2D eigenvalue weighted by Gasteiger charge is 2.49. The van der Waals surface area contributed by atoms with E-state index in [9.17, 15) is 4.79 Å². The summed E-state index contributed by atoms with van der Waals surface area (Å²) < 4.78 is 10.2. The molecule has 1 aliphatic carbocycles. The van der Waals surface area contributed by atoms with Crippen LogP contribution in [-0.2, 0) is 14.3 Å². The second kappa shape index (κ2) is 7.94. The van der Waals surface area contributed by atoms with E-state index in [4.69, 9.17) is 9.47 Å². The summed E-state index contributed by atoms with van der Waals surface area (Å²) in [6.45, 7) is 5.89. The van der Waals surface area contributed by atoms with Gasteiger partial charge in [-0.05, 0) is 6.42 Å². The Morgan fingerprint density at radius 2 is 2.06 bits per heavy atom. The van der Waals surface area contributed by atoms with Gasteiger partial charge >= 0.3 is 0 Å². The standard InChI is InChI=1S/C12H24N2O3.ClH/c1-12(2)9(7-10(12)17-4)14-11(15)8-13-5-6-16-3;/h9-10,13H,5-8H2,1-4H3,(H,14,15);1H. The van der Waals surface area contributed by atoms with Crippen molar-refractivity contribution < 1.29 is 14.3 Å². The molecule has 2 atom stereocenters. The lowest BCUT2D eigenvalue weighted by Gasteiger charge is -2.51. The van der Waals surface area contributed by atoms with Crippen LogP contribution >= 0.6 is 12.4 Å². The number of rotatable bonds is 7. The van der Waals surface area contributed by atoms with Gasteiger partial charge in [0.15, 0.2) is 0 Å². The number of methoxy groups -OCH3 is 2. The maximum absolute atomic E-state index is 11.6. The monoisotopic (exact) mass is 280 g/mol. The summed E-state index contributed by atoms with van der Waals surface area (Å²) in [7, 11) is 3.36. The first-order valence-corrected chi connectivity index (χ1v) is 6.04. The second-order valence-electron chi connectivity index (χ2n) is 5.07. The van der Waals surface area contributed by atoms with Gasteiger partial charge in [-0.3, -0.25) is 4.79 Å². The quantitative estimate of drug-likeness (QED) is 0.670. The van der Waals surface area contributed by atoms with E-state index in [0.717, 1.165) is 6.42 Å². The normalized spacial score (nSPS) is 24.9. The number of nitrogens with one attached hydrogen (secondary N) is 2. The Morgan fingerprint density at radius 3 is 2.56 bits per heavy atom. The zero-order valence-electron chi connectivity index (χ0n) is 11.6. The maximum Gasteiger partial charge on any atom is 0.234 e. The van der Waals surface area contributed by atoms with Gasteiger partial charge in [0.1, 0.15) is 0 Å². The van der Waals surface area contributed by atoms with Gasteiger partial charge < -0.3 is 20.1 Å². The lowest BCUT2D eigenvalue weighted by Crippen LogP contribution is -2.62.